The number of thiazole rings is 1. The standard InChI is InChI=1S/C16H22N6O2S/c1-11-18-14(10-25-11)15(23)17-8-12-7-13-9-21(16(24)20(2)3)5-4-6-22(13)19-12/h7,10H,4-6,8-9H2,1-3H3,(H,17,23). The number of nitrogens with one attached hydrogen (secondary N) is 1. The summed E-state index contributed by atoms with van der Waals surface area (Å²) in [6.07, 6.45) is 0.859. The average molecular weight is 362 g/mol. The molecule has 25 heavy (non-hydrogen) atoms. The highest BCUT2D eigenvalue weighted by molar-refractivity contribution is 7.09. The van der Waals surface area contributed by atoms with Gasteiger partial charge in [-0.05, 0) is 19.4 Å². The molecule has 0 unspecified atom stereocenters. The lowest BCUT2D eigenvalue weighted by Gasteiger charge is -2.23. The number of urea groups is 1. The Bertz CT molecular complexity index is 781. The van der Waals surface area contributed by atoms with Crippen LogP contribution in [0.5, 0.6) is 0 Å². The second-order valence-corrected chi connectivity index (χ2v) is 7.30. The van der Waals surface area contributed by atoms with E-state index in [4.69, 9.17) is 0 Å². The number of hydrogen-bond acceptors (Lipinski definition) is 5. The molecule has 3 heterocycles. The van der Waals surface area contributed by atoms with Crippen LogP contribution in [-0.4, -0.2) is 57.1 Å². The van der Waals surface area contributed by atoms with E-state index in [0.29, 0.717) is 18.8 Å². The van der Waals surface area contributed by atoms with Crippen molar-refractivity contribution >= 4 is 23.3 Å². The van der Waals surface area contributed by atoms with Gasteiger partial charge in [-0.2, -0.15) is 5.10 Å². The first-order valence-corrected chi connectivity index (χ1v) is 9.04. The van der Waals surface area contributed by atoms with E-state index in [-0.39, 0.29) is 11.9 Å². The molecule has 1 aliphatic rings. The molecule has 2 aromatic heterocycles. The summed E-state index contributed by atoms with van der Waals surface area (Å²) in [4.78, 5) is 31.9. The number of hydrogen-bond donors (Lipinski definition) is 1. The fourth-order valence-electron chi connectivity index (χ4n) is 2.78. The molecule has 0 spiro atoms. The van der Waals surface area contributed by atoms with Crippen molar-refractivity contribution in [2.45, 2.75) is 33.0 Å². The molecule has 0 fully saturated rings. The van der Waals surface area contributed by atoms with E-state index in [1.165, 1.54) is 11.3 Å². The number of carbonyl (C=O) groups is 2. The third kappa shape index (κ3) is 3.98. The third-order valence-electron chi connectivity index (χ3n) is 4.00. The monoisotopic (exact) mass is 362 g/mol. The van der Waals surface area contributed by atoms with Crippen LogP contribution in [0, 0.1) is 6.92 Å². The van der Waals surface area contributed by atoms with Gasteiger partial charge in [0, 0.05) is 32.6 Å². The van der Waals surface area contributed by atoms with Gasteiger partial charge < -0.3 is 15.1 Å². The molecule has 0 radical (unpaired) electrons. The summed E-state index contributed by atoms with van der Waals surface area (Å²) in [5.41, 5.74) is 2.21. The first kappa shape index (κ1) is 17.4. The molecule has 1 N–H and O–H groups in total. The largest absolute Gasteiger partial charge is 0.345 e. The molecule has 9 heteroatoms. The minimum absolute atomic E-state index is 0.00315. The SMILES string of the molecule is Cc1nc(C(=O)NCc2cc3n(n2)CCCN(C(=O)N(C)C)C3)cs1. The van der Waals surface area contributed by atoms with E-state index in [2.05, 4.69) is 15.4 Å². The highest BCUT2D eigenvalue weighted by Crippen LogP contribution is 2.15. The zero-order valence-electron chi connectivity index (χ0n) is 14.7. The van der Waals surface area contributed by atoms with Crippen LogP contribution in [0.3, 0.4) is 0 Å². The van der Waals surface area contributed by atoms with Crippen LogP contribution >= 0.6 is 11.3 Å². The molecular formula is C16H22N6O2S. The molecule has 3 amide bonds. The van der Waals surface area contributed by atoms with Gasteiger partial charge in [0.05, 0.1) is 29.5 Å². The maximum Gasteiger partial charge on any atom is 0.319 e. The van der Waals surface area contributed by atoms with Gasteiger partial charge in [-0.15, -0.1) is 11.3 Å². The van der Waals surface area contributed by atoms with Crippen LogP contribution in [0.1, 0.15) is 33.3 Å². The normalized spacial score (nSPS) is 14.0. The number of aryl methyl sites for hydroxylation is 2. The van der Waals surface area contributed by atoms with Crippen molar-refractivity contribution in [1.82, 2.24) is 29.9 Å². The van der Waals surface area contributed by atoms with Gasteiger partial charge in [0.25, 0.3) is 5.91 Å². The van der Waals surface area contributed by atoms with Gasteiger partial charge in [0.2, 0.25) is 0 Å². The second-order valence-electron chi connectivity index (χ2n) is 6.24. The van der Waals surface area contributed by atoms with Crippen LogP contribution in [0.2, 0.25) is 0 Å². The lowest BCUT2D eigenvalue weighted by molar-refractivity contribution is 0.0946. The van der Waals surface area contributed by atoms with Gasteiger partial charge in [0.1, 0.15) is 5.69 Å². The zero-order valence-corrected chi connectivity index (χ0v) is 15.5. The van der Waals surface area contributed by atoms with E-state index in [1.54, 1.807) is 24.4 Å². The molecule has 0 saturated heterocycles. The minimum Gasteiger partial charge on any atom is -0.345 e. The maximum atomic E-state index is 12.2. The molecule has 0 aromatic carbocycles. The Balaban J connectivity index is 1.65. The Morgan fingerprint density at radius 3 is 2.84 bits per heavy atom. The number of fused-ring (bicyclic) bond motifs is 1. The fourth-order valence-corrected chi connectivity index (χ4v) is 3.38. The number of carbonyl (C=O) groups excluding carboxylic acids is 2. The predicted molar refractivity (Wildman–Crippen MR) is 94.4 cm³/mol. The second kappa shape index (κ2) is 7.22. The molecule has 0 saturated carbocycles. The van der Waals surface area contributed by atoms with Crippen molar-refractivity contribution in [3.63, 3.8) is 0 Å². The van der Waals surface area contributed by atoms with Crippen molar-refractivity contribution in [3.8, 4) is 0 Å². The van der Waals surface area contributed by atoms with Crippen molar-refractivity contribution in [2.75, 3.05) is 20.6 Å². The molecule has 1 aliphatic heterocycles. The Kier molecular flexibility index (Phi) is 5.03. The molecule has 134 valence electrons. The Morgan fingerprint density at radius 1 is 1.36 bits per heavy atom. The molecule has 8 nitrogen and oxygen atoms in total. The van der Waals surface area contributed by atoms with Crippen LogP contribution in [-0.2, 0) is 19.6 Å². The van der Waals surface area contributed by atoms with Crippen LogP contribution < -0.4 is 5.32 Å². The van der Waals surface area contributed by atoms with Crippen molar-refractivity contribution < 1.29 is 9.59 Å². The van der Waals surface area contributed by atoms with E-state index in [1.807, 2.05) is 22.6 Å². The number of aromatic nitrogens is 3. The van der Waals surface area contributed by atoms with E-state index in [9.17, 15) is 9.59 Å². The van der Waals surface area contributed by atoms with E-state index in [0.717, 1.165) is 35.9 Å². The topological polar surface area (TPSA) is 83.4 Å². The Labute approximate surface area is 150 Å². The molecule has 2 aromatic rings. The number of rotatable bonds is 3. The highest BCUT2D eigenvalue weighted by Gasteiger charge is 2.21. The summed E-state index contributed by atoms with van der Waals surface area (Å²) in [5, 5.41) is 10.0. The van der Waals surface area contributed by atoms with Gasteiger partial charge in [-0.25, -0.2) is 9.78 Å². The first-order valence-electron chi connectivity index (χ1n) is 8.16. The van der Waals surface area contributed by atoms with Crippen LogP contribution in [0.4, 0.5) is 4.79 Å². The molecule has 0 bridgehead atoms. The van der Waals surface area contributed by atoms with E-state index < -0.39 is 0 Å². The summed E-state index contributed by atoms with van der Waals surface area (Å²) in [6, 6.07) is 1.96. The van der Waals surface area contributed by atoms with Crippen molar-refractivity contribution in [3.05, 3.63) is 33.5 Å². The summed E-state index contributed by atoms with van der Waals surface area (Å²) in [7, 11) is 3.51. The van der Waals surface area contributed by atoms with Crippen molar-refractivity contribution in [1.29, 1.82) is 0 Å². The quantitative estimate of drug-likeness (QED) is 0.896. The summed E-state index contributed by atoms with van der Waals surface area (Å²) >= 11 is 1.45. The molecular weight excluding hydrogens is 340 g/mol. The lowest BCUT2D eigenvalue weighted by Crippen LogP contribution is -2.38. The van der Waals surface area contributed by atoms with Gasteiger partial charge >= 0.3 is 6.03 Å². The first-order chi connectivity index (χ1) is 11.9. The molecule has 3 rings (SSSR count). The van der Waals surface area contributed by atoms with Crippen LogP contribution in [0.15, 0.2) is 11.4 Å². The van der Waals surface area contributed by atoms with Crippen molar-refractivity contribution in [2.24, 2.45) is 0 Å². The summed E-state index contributed by atoms with van der Waals surface area (Å²) in [5.74, 6) is -0.197. The molecule has 0 atom stereocenters. The lowest BCUT2D eigenvalue weighted by atomic mass is 10.3. The third-order valence-corrected chi connectivity index (χ3v) is 4.77. The fraction of sp³-hybridized carbons (Fsp3) is 0.500. The van der Waals surface area contributed by atoms with E-state index >= 15 is 0 Å². The minimum atomic E-state index is -0.197. The van der Waals surface area contributed by atoms with Gasteiger partial charge in [-0.1, -0.05) is 0 Å². The summed E-state index contributed by atoms with van der Waals surface area (Å²) < 4.78 is 1.93. The van der Waals surface area contributed by atoms with Gasteiger partial charge in [-0.3, -0.25) is 9.48 Å². The maximum absolute atomic E-state index is 12.2. The Morgan fingerprint density at radius 2 is 2.16 bits per heavy atom. The predicted octanol–water partition coefficient (Wildman–Crippen LogP) is 1.47. The zero-order chi connectivity index (χ0) is 18.0. The smallest absolute Gasteiger partial charge is 0.319 e. The number of amides is 3. The van der Waals surface area contributed by atoms with Crippen LogP contribution in [0.25, 0.3) is 0 Å². The molecule has 0 aliphatic carbocycles. The summed E-state index contributed by atoms with van der Waals surface area (Å²) in [6.45, 7) is 4.23. The Hall–Kier alpha value is -2.42. The van der Waals surface area contributed by atoms with Gasteiger partial charge in [0.15, 0.2) is 0 Å². The average Bonchev–Trinajstić information content (AvgIpc) is 3.12. The number of nitrogens with zero attached hydrogens (tertiary/aromatic N) is 5. The highest BCUT2D eigenvalue weighted by atomic mass is 32.1.